The van der Waals surface area contributed by atoms with E-state index in [9.17, 15) is 0 Å². The first-order valence-corrected chi connectivity index (χ1v) is 22.4. The van der Waals surface area contributed by atoms with E-state index < -0.39 is 0 Å². The van der Waals surface area contributed by atoms with Gasteiger partial charge < -0.3 is 0 Å². The maximum absolute atomic E-state index is 4.07. The Hall–Kier alpha value is 0.168. The summed E-state index contributed by atoms with van der Waals surface area (Å²) in [5.41, 5.74) is 1.99. The summed E-state index contributed by atoms with van der Waals surface area (Å²) in [6.07, 6.45) is 28.3. The molecule has 0 heterocycles. The molecule has 0 nitrogen and oxygen atoms in total. The molecule has 0 radical (unpaired) electrons. The minimum atomic E-state index is 0. The Labute approximate surface area is 333 Å². The maximum atomic E-state index is 4.07. The van der Waals surface area contributed by atoms with Gasteiger partial charge in [0, 0.05) is 21.1 Å². The summed E-state index contributed by atoms with van der Waals surface area (Å²) in [6, 6.07) is 0. The van der Waals surface area contributed by atoms with Gasteiger partial charge in [-0.05, 0) is 67.1 Å². The number of unbranched alkanes of at least 4 members (excludes halogenated alkanes) is 2. The summed E-state index contributed by atoms with van der Waals surface area (Å²) in [7, 11) is 0. The van der Waals surface area contributed by atoms with Crippen molar-refractivity contribution in [2.24, 2.45) is 35.0 Å². The van der Waals surface area contributed by atoms with E-state index >= 15 is 0 Å². The van der Waals surface area contributed by atoms with Gasteiger partial charge in [-0.25, -0.2) is 0 Å². The fourth-order valence-electron chi connectivity index (χ4n) is 5.07. The van der Waals surface area contributed by atoms with Crippen LogP contribution in [0.4, 0.5) is 0 Å². The molecule has 2 unspecified atom stereocenters. The van der Waals surface area contributed by atoms with Crippen LogP contribution >= 0.6 is 0 Å². The van der Waals surface area contributed by atoms with Gasteiger partial charge in [0.2, 0.25) is 0 Å². The van der Waals surface area contributed by atoms with Crippen molar-refractivity contribution in [1.82, 2.24) is 0 Å². The predicted octanol–water partition coefficient (Wildman–Crippen LogP) is 19.1. The summed E-state index contributed by atoms with van der Waals surface area (Å²) >= 11 is 0. The third-order valence-electron chi connectivity index (χ3n) is 8.71. The van der Waals surface area contributed by atoms with Crippen LogP contribution in [0.1, 0.15) is 255 Å². The molecule has 0 aliphatic heterocycles. The second-order valence-corrected chi connectivity index (χ2v) is 13.4. The van der Waals surface area contributed by atoms with Crippen LogP contribution < -0.4 is 0 Å². The van der Waals surface area contributed by atoms with Gasteiger partial charge >= 0.3 is 0 Å². The minimum absolute atomic E-state index is 0. The van der Waals surface area contributed by atoms with Gasteiger partial charge in [0.25, 0.3) is 0 Å². The average molecular weight is 867 g/mol. The summed E-state index contributed by atoms with van der Waals surface area (Å²) in [5, 5.41) is 0. The zero-order valence-corrected chi connectivity index (χ0v) is 42.1. The zero-order chi connectivity index (χ0) is 39.4. The molecular weight excluding hydrogens is 760 g/mol. The molecule has 3 saturated carbocycles. The Balaban J connectivity index is -0.0000000676. The third kappa shape index (κ3) is 48.2. The van der Waals surface area contributed by atoms with E-state index in [1.54, 1.807) is 0 Å². The van der Waals surface area contributed by atoms with E-state index in [-0.39, 0.29) is 21.1 Å². The van der Waals surface area contributed by atoms with Crippen LogP contribution in [0.25, 0.3) is 0 Å². The fraction of sp³-hybridized carbons (Fsp3) is 0.917. The molecule has 2 atom stereocenters. The van der Waals surface area contributed by atoms with Crippen molar-refractivity contribution in [3.8, 4) is 0 Å². The summed E-state index contributed by atoms with van der Waals surface area (Å²) in [5.74, 6) is 5.06. The van der Waals surface area contributed by atoms with Crippen LogP contribution in [0.2, 0.25) is 0 Å². The molecule has 0 N–H and O–H groups in total. The van der Waals surface area contributed by atoms with Gasteiger partial charge in [-0.1, -0.05) is 247 Å². The molecule has 0 aromatic carbocycles. The van der Waals surface area contributed by atoms with Crippen molar-refractivity contribution < 1.29 is 21.1 Å². The normalized spacial score (nSPS) is 16.7. The van der Waals surface area contributed by atoms with Crippen molar-refractivity contribution >= 4 is 0 Å². The van der Waals surface area contributed by atoms with Crippen LogP contribution in [0, 0.1) is 35.0 Å². The van der Waals surface area contributed by atoms with E-state index in [0.717, 1.165) is 36.0 Å². The van der Waals surface area contributed by atoms with Gasteiger partial charge in [-0.2, -0.15) is 0 Å². The molecule has 4 aliphatic carbocycles. The van der Waals surface area contributed by atoms with Crippen molar-refractivity contribution in [1.29, 1.82) is 0 Å². The van der Waals surface area contributed by atoms with Crippen molar-refractivity contribution in [3.05, 3.63) is 24.3 Å². The molecule has 0 aromatic heterocycles. The molecule has 304 valence electrons. The second-order valence-electron chi connectivity index (χ2n) is 13.4. The molecule has 3 fully saturated rings. The topological polar surface area (TPSA) is 0 Å². The first kappa shape index (κ1) is 67.3. The quantitative estimate of drug-likeness (QED) is 0.160. The standard InChI is InChI=1S/C10H20.2C9H16.C4H8.2C3H8.5C2H6.W/c1-4-10(8(2)3)9-6-5-7-9;1-4-8(2)9(3)6-5-7-9;1-2-3-4-6-9-7-5-8-9;1-4-2-3-4;2*1-3-2;5*1-2;/h8-10H,4-7H2,1-3H3;2,4-7H2,1,3H3;5,7,9H,2-4,6,8H2,1H3;4H,2-3H2,1H3;2*3H2,1-2H3;5*1-2H3;. The van der Waals surface area contributed by atoms with Gasteiger partial charge in [0.1, 0.15) is 0 Å². The molecule has 0 aromatic rings. The Morgan fingerprint density at radius 1 is 0.714 bits per heavy atom. The molecule has 0 amide bonds. The minimum Gasteiger partial charge on any atom is -0.0993 e. The number of allylic oxidation sites excluding steroid dienone is 3. The van der Waals surface area contributed by atoms with Crippen LogP contribution in [-0.4, -0.2) is 0 Å². The summed E-state index contributed by atoms with van der Waals surface area (Å²) in [4.78, 5) is 0. The Kier molecular flexibility index (Phi) is 79.0. The summed E-state index contributed by atoms with van der Waals surface area (Å²) < 4.78 is 0. The molecule has 0 bridgehead atoms. The van der Waals surface area contributed by atoms with Crippen molar-refractivity contribution in [3.63, 3.8) is 0 Å². The fourth-order valence-corrected chi connectivity index (χ4v) is 5.07. The first-order chi connectivity index (χ1) is 23.1. The smallest absolute Gasteiger partial charge is 0 e. The number of hydrogen-bond acceptors (Lipinski definition) is 0. The number of rotatable bonds is 9. The average Bonchev–Trinajstić information content (AvgIpc) is 3.86. The molecular formula is C48H106W. The van der Waals surface area contributed by atoms with Gasteiger partial charge in [0.15, 0.2) is 0 Å². The molecule has 0 saturated heterocycles. The third-order valence-corrected chi connectivity index (χ3v) is 8.71. The van der Waals surface area contributed by atoms with E-state index in [4.69, 9.17) is 0 Å². The zero-order valence-electron chi connectivity index (χ0n) is 39.2. The molecule has 4 aliphatic rings. The number of hydrogen-bond donors (Lipinski definition) is 0. The Bertz CT molecular complexity index is 531. The van der Waals surface area contributed by atoms with Crippen molar-refractivity contribution in [2.75, 3.05) is 0 Å². The Morgan fingerprint density at radius 3 is 1.22 bits per heavy atom. The first-order valence-electron chi connectivity index (χ1n) is 22.4. The second kappa shape index (κ2) is 57.5. The van der Waals surface area contributed by atoms with Gasteiger partial charge in [-0.3, -0.25) is 0 Å². The van der Waals surface area contributed by atoms with E-state index in [1.807, 2.05) is 69.2 Å². The Morgan fingerprint density at radius 2 is 1.10 bits per heavy atom. The molecule has 1 heteroatoms. The molecule has 0 spiro atoms. The van der Waals surface area contributed by atoms with Crippen LogP contribution in [-0.2, 0) is 21.1 Å². The summed E-state index contributed by atoms with van der Waals surface area (Å²) in [6.45, 7) is 48.7. The predicted molar refractivity (Wildman–Crippen MR) is 236 cm³/mol. The van der Waals surface area contributed by atoms with Crippen molar-refractivity contribution in [2.45, 2.75) is 255 Å². The van der Waals surface area contributed by atoms with Gasteiger partial charge in [-0.15, -0.1) is 0 Å². The van der Waals surface area contributed by atoms with E-state index in [0.29, 0.717) is 5.41 Å². The molecule has 49 heavy (non-hydrogen) atoms. The van der Waals surface area contributed by atoms with E-state index in [2.05, 4.69) is 94.9 Å². The van der Waals surface area contributed by atoms with Crippen LogP contribution in [0.15, 0.2) is 24.3 Å². The SMILES string of the molecule is C=C(CC)C1(C)CCC1.CC.CC.CC.CC.CC.CC1CC1.CCC.CCC.CCC(C(C)C)C1CCC1.CCCCCC1C=CC1.[W]. The van der Waals surface area contributed by atoms with Gasteiger partial charge in [0.05, 0.1) is 0 Å². The monoisotopic (exact) mass is 867 g/mol. The van der Waals surface area contributed by atoms with Crippen LogP contribution in [0.3, 0.4) is 0 Å². The maximum Gasteiger partial charge on any atom is 0 e. The van der Waals surface area contributed by atoms with Crippen LogP contribution in [0.5, 0.6) is 0 Å². The largest absolute Gasteiger partial charge is 0.0993 e. The molecule has 4 rings (SSSR count). The van der Waals surface area contributed by atoms with E-state index in [1.165, 1.54) is 108 Å².